The van der Waals surface area contributed by atoms with Gasteiger partial charge in [-0.1, -0.05) is 29.8 Å². The van der Waals surface area contributed by atoms with Gasteiger partial charge in [-0.2, -0.15) is 13.2 Å². The fourth-order valence-electron chi connectivity index (χ4n) is 4.00. The van der Waals surface area contributed by atoms with E-state index in [-0.39, 0.29) is 23.9 Å². The number of hydrogen-bond donors (Lipinski definition) is 1. The average Bonchev–Trinajstić information content (AvgIpc) is 3.45. The van der Waals surface area contributed by atoms with Crippen LogP contribution in [0.15, 0.2) is 30.3 Å². The highest BCUT2D eigenvalue weighted by Gasteiger charge is 2.44. The molecule has 154 valence electrons. The van der Waals surface area contributed by atoms with Crippen molar-refractivity contribution < 1.29 is 27.5 Å². The molecule has 1 fully saturated rings. The largest absolute Gasteiger partial charge is 0.481 e. The van der Waals surface area contributed by atoms with Gasteiger partial charge in [0.25, 0.3) is 0 Å². The Morgan fingerprint density at radius 1 is 1.21 bits per heavy atom. The first kappa shape index (κ1) is 20.2. The molecule has 1 aliphatic carbocycles. The summed E-state index contributed by atoms with van der Waals surface area (Å²) in [5.41, 5.74) is 2.11. The topological polar surface area (TPSA) is 40.5 Å². The van der Waals surface area contributed by atoms with Crippen molar-refractivity contribution in [2.75, 3.05) is 6.54 Å². The third kappa shape index (κ3) is 4.12. The maximum Gasteiger partial charge on any atom is 0.416 e. The van der Waals surface area contributed by atoms with Gasteiger partial charge in [0.05, 0.1) is 16.5 Å². The second kappa shape index (κ2) is 7.29. The van der Waals surface area contributed by atoms with E-state index < -0.39 is 28.5 Å². The number of alkyl halides is 3. The molecule has 1 N–H and O–H groups in total. The molecule has 2 atom stereocenters. The lowest BCUT2D eigenvalue weighted by Crippen LogP contribution is -2.30. The number of hydrogen-bond acceptors (Lipinski definition) is 2. The van der Waals surface area contributed by atoms with Crippen LogP contribution < -0.4 is 0 Å². The molecule has 0 bridgehead atoms. The molecule has 0 aromatic heterocycles. The van der Waals surface area contributed by atoms with Crippen LogP contribution in [0.5, 0.6) is 0 Å². The van der Waals surface area contributed by atoms with Gasteiger partial charge in [-0.3, -0.25) is 9.69 Å². The van der Waals surface area contributed by atoms with Gasteiger partial charge < -0.3 is 5.11 Å². The van der Waals surface area contributed by atoms with Crippen LogP contribution in [0.25, 0.3) is 0 Å². The summed E-state index contributed by atoms with van der Waals surface area (Å²) in [5, 5.41) is 8.56. The molecular weight excluding hydrogens is 410 g/mol. The van der Waals surface area contributed by atoms with Crippen LogP contribution in [0.2, 0.25) is 5.02 Å². The second-order valence-corrected chi connectivity index (χ2v) is 8.11. The summed E-state index contributed by atoms with van der Waals surface area (Å²) < 4.78 is 53.3. The number of carbonyl (C=O) groups is 1. The molecule has 0 unspecified atom stereocenters. The summed E-state index contributed by atoms with van der Waals surface area (Å²) in [5.74, 6) is -1.87. The number of nitrogens with zero attached hydrogens (tertiary/aromatic N) is 1. The van der Waals surface area contributed by atoms with E-state index in [1.54, 1.807) is 0 Å². The van der Waals surface area contributed by atoms with Gasteiger partial charge in [-0.15, -0.1) is 0 Å². The smallest absolute Gasteiger partial charge is 0.416 e. The number of fused-ring (bicyclic) bond motifs is 1. The highest BCUT2D eigenvalue weighted by Crippen LogP contribution is 2.48. The third-order valence-electron chi connectivity index (χ3n) is 5.68. The summed E-state index contributed by atoms with van der Waals surface area (Å²) in [6.45, 7) is 1.08. The van der Waals surface area contributed by atoms with E-state index in [4.69, 9.17) is 16.7 Å². The average molecular weight is 428 g/mol. The van der Waals surface area contributed by atoms with Gasteiger partial charge in [0.2, 0.25) is 0 Å². The van der Waals surface area contributed by atoms with Crippen LogP contribution in [0.3, 0.4) is 0 Å². The fraction of sp³-hybridized carbons (Fsp3) is 0.381. The summed E-state index contributed by atoms with van der Waals surface area (Å²) in [6, 6.07) is 7.30. The Balaban J connectivity index is 1.50. The first-order valence-corrected chi connectivity index (χ1v) is 9.63. The number of carboxylic acid groups (broad SMARTS) is 1. The number of benzene rings is 2. The van der Waals surface area contributed by atoms with Crippen molar-refractivity contribution in [2.24, 2.45) is 5.92 Å². The van der Waals surface area contributed by atoms with Gasteiger partial charge >= 0.3 is 12.1 Å². The Kier molecular flexibility index (Phi) is 5.07. The highest BCUT2D eigenvalue weighted by molar-refractivity contribution is 6.30. The van der Waals surface area contributed by atoms with E-state index in [1.165, 1.54) is 0 Å². The van der Waals surface area contributed by atoms with Crippen molar-refractivity contribution in [3.63, 3.8) is 0 Å². The molecule has 1 saturated carbocycles. The van der Waals surface area contributed by atoms with Crippen molar-refractivity contribution in [1.82, 2.24) is 4.90 Å². The Hall–Kier alpha value is -2.12. The number of carboxylic acids is 1. The van der Waals surface area contributed by atoms with E-state index >= 15 is 0 Å². The monoisotopic (exact) mass is 427 g/mol. The van der Waals surface area contributed by atoms with Crippen LogP contribution in [-0.2, 0) is 30.5 Å². The van der Waals surface area contributed by atoms with Gasteiger partial charge in [0.15, 0.2) is 0 Å². The Labute approximate surface area is 169 Å². The normalized spacial score (nSPS) is 21.7. The molecule has 2 aromatic carbocycles. The minimum absolute atomic E-state index is 0.0282. The lowest BCUT2D eigenvalue weighted by molar-refractivity contribution is -0.139. The molecule has 0 spiro atoms. The zero-order valence-electron chi connectivity index (χ0n) is 15.3. The Bertz CT molecular complexity index is 976. The Morgan fingerprint density at radius 2 is 1.97 bits per heavy atom. The first-order chi connectivity index (χ1) is 13.6. The summed E-state index contributed by atoms with van der Waals surface area (Å²) in [7, 11) is 0. The molecule has 1 aliphatic heterocycles. The molecule has 0 saturated heterocycles. The third-order valence-corrected chi connectivity index (χ3v) is 5.96. The molecule has 8 heteroatoms. The minimum atomic E-state index is -4.59. The van der Waals surface area contributed by atoms with E-state index in [0.29, 0.717) is 32.0 Å². The van der Waals surface area contributed by atoms with E-state index in [0.717, 1.165) is 22.8 Å². The minimum Gasteiger partial charge on any atom is -0.481 e. The summed E-state index contributed by atoms with van der Waals surface area (Å²) >= 11 is 5.68. The number of rotatable bonds is 4. The number of aliphatic carboxylic acids is 1. The summed E-state index contributed by atoms with van der Waals surface area (Å²) in [4.78, 5) is 13.0. The lowest BCUT2D eigenvalue weighted by atomic mass is 9.95. The maximum atomic E-state index is 14.3. The summed E-state index contributed by atoms with van der Waals surface area (Å²) in [6.07, 6.45) is -3.27. The lowest BCUT2D eigenvalue weighted by Gasteiger charge is -2.29. The van der Waals surface area contributed by atoms with Crippen molar-refractivity contribution in [3.05, 3.63) is 69.0 Å². The van der Waals surface area contributed by atoms with E-state index in [9.17, 15) is 22.4 Å². The van der Waals surface area contributed by atoms with Gasteiger partial charge in [0, 0.05) is 25.2 Å². The predicted octanol–water partition coefficient (Wildman–Crippen LogP) is 5.24. The molecule has 2 aromatic rings. The zero-order valence-corrected chi connectivity index (χ0v) is 16.0. The number of halogens is 5. The Morgan fingerprint density at radius 3 is 2.62 bits per heavy atom. The molecule has 4 rings (SSSR count). The molecule has 1 heterocycles. The van der Waals surface area contributed by atoms with Crippen LogP contribution >= 0.6 is 11.6 Å². The molecular formula is C21H18ClF4NO2. The zero-order chi connectivity index (χ0) is 20.9. The van der Waals surface area contributed by atoms with Crippen LogP contribution in [0.4, 0.5) is 17.6 Å². The van der Waals surface area contributed by atoms with E-state index in [1.807, 2.05) is 23.1 Å². The van der Waals surface area contributed by atoms with Crippen LogP contribution in [0, 0.1) is 11.7 Å². The van der Waals surface area contributed by atoms with Gasteiger partial charge in [-0.05, 0) is 47.6 Å². The van der Waals surface area contributed by atoms with Crippen LogP contribution in [-0.4, -0.2) is 22.5 Å². The predicted molar refractivity (Wildman–Crippen MR) is 99.2 cm³/mol. The van der Waals surface area contributed by atoms with Crippen LogP contribution in [0.1, 0.15) is 40.2 Å². The standard InChI is InChI=1S/C21H18ClF4NO2/c22-18-7-15(21(24,25)26)6-14(19(18)23)10-27-4-3-11-5-12(1-2-13(11)9-27)16-8-17(16)20(28)29/h1-2,5-7,16-17H,3-4,8-10H2,(H,28,29)/t16-,17+/m1/s1. The van der Waals surface area contributed by atoms with Gasteiger partial charge in [0.1, 0.15) is 5.82 Å². The molecule has 0 radical (unpaired) electrons. The second-order valence-electron chi connectivity index (χ2n) is 7.70. The fourth-order valence-corrected chi connectivity index (χ4v) is 4.24. The van der Waals surface area contributed by atoms with Crippen molar-refractivity contribution >= 4 is 17.6 Å². The van der Waals surface area contributed by atoms with Crippen molar-refractivity contribution in [2.45, 2.75) is 38.0 Å². The molecule has 29 heavy (non-hydrogen) atoms. The van der Waals surface area contributed by atoms with Crippen molar-refractivity contribution in [1.29, 1.82) is 0 Å². The molecule has 0 amide bonds. The van der Waals surface area contributed by atoms with Crippen molar-refractivity contribution in [3.8, 4) is 0 Å². The molecule has 3 nitrogen and oxygen atoms in total. The van der Waals surface area contributed by atoms with E-state index in [2.05, 4.69) is 0 Å². The first-order valence-electron chi connectivity index (χ1n) is 9.25. The quantitative estimate of drug-likeness (QED) is 0.678. The molecule has 2 aliphatic rings. The highest BCUT2D eigenvalue weighted by atomic mass is 35.5. The SMILES string of the molecule is O=C(O)[C@H]1C[C@@H]1c1ccc2c(c1)CCN(Cc1cc(C(F)(F)F)cc(Cl)c1F)C2. The maximum absolute atomic E-state index is 14.3. The van der Waals surface area contributed by atoms with Gasteiger partial charge in [-0.25, -0.2) is 4.39 Å².